The van der Waals surface area contributed by atoms with E-state index in [4.69, 9.17) is 9.47 Å². The number of nitrogens with one attached hydrogen (secondary N) is 1. The van der Waals surface area contributed by atoms with Crippen LogP contribution in [0.4, 0.5) is 0 Å². The molecule has 116 valence electrons. The van der Waals surface area contributed by atoms with E-state index in [1.54, 1.807) is 18.4 Å². The summed E-state index contributed by atoms with van der Waals surface area (Å²) in [4.78, 5) is 16.0. The van der Waals surface area contributed by atoms with Crippen molar-refractivity contribution in [2.45, 2.75) is 24.5 Å². The molecule has 1 aromatic heterocycles. The van der Waals surface area contributed by atoms with Gasteiger partial charge in [-0.15, -0.1) is 11.3 Å². The largest absolute Gasteiger partial charge is 0.369 e. The van der Waals surface area contributed by atoms with Crippen LogP contribution < -0.4 is 5.32 Å². The summed E-state index contributed by atoms with van der Waals surface area (Å²) < 4.78 is 11.5. The molecule has 0 spiro atoms. The van der Waals surface area contributed by atoms with Gasteiger partial charge in [-0.1, -0.05) is 6.07 Å². The number of morpholine rings is 1. The Morgan fingerprint density at radius 2 is 2.33 bits per heavy atom. The highest BCUT2D eigenvalue weighted by Gasteiger charge is 2.43. The predicted molar refractivity (Wildman–Crippen MR) is 81.4 cm³/mol. The summed E-state index contributed by atoms with van der Waals surface area (Å²) >= 11 is 1.68. The molecule has 0 bridgehead atoms. The second-order valence-electron chi connectivity index (χ2n) is 5.57. The van der Waals surface area contributed by atoms with E-state index in [9.17, 15) is 4.79 Å². The number of methoxy groups -OCH3 is 1. The van der Waals surface area contributed by atoms with E-state index in [1.807, 2.05) is 16.3 Å². The smallest absolute Gasteiger partial charge is 0.255 e. The zero-order valence-electron chi connectivity index (χ0n) is 12.3. The first kappa shape index (κ1) is 15.0. The molecule has 2 saturated heterocycles. The lowest BCUT2D eigenvalue weighted by Crippen LogP contribution is -2.57. The molecule has 2 fully saturated rings. The minimum absolute atomic E-state index is 0.00155. The fraction of sp³-hybridized carbons (Fsp3) is 0.667. The second-order valence-corrected chi connectivity index (χ2v) is 6.55. The average molecular weight is 310 g/mol. The third-order valence-electron chi connectivity index (χ3n) is 4.41. The molecular weight excluding hydrogens is 288 g/mol. The van der Waals surface area contributed by atoms with Gasteiger partial charge in [0.05, 0.1) is 13.2 Å². The molecule has 1 N–H and O–H groups in total. The quantitative estimate of drug-likeness (QED) is 0.917. The van der Waals surface area contributed by atoms with Crippen molar-refractivity contribution < 1.29 is 14.3 Å². The van der Waals surface area contributed by atoms with E-state index >= 15 is 0 Å². The highest BCUT2D eigenvalue weighted by Crippen LogP contribution is 2.30. The molecule has 2 aliphatic heterocycles. The number of thiophene rings is 1. The van der Waals surface area contributed by atoms with Crippen molar-refractivity contribution >= 4 is 17.2 Å². The lowest BCUT2D eigenvalue weighted by atomic mass is 9.90. The number of ether oxygens (including phenoxy) is 2. The molecule has 5 nitrogen and oxygen atoms in total. The summed E-state index contributed by atoms with van der Waals surface area (Å²) in [5.74, 6) is 0.122. The molecule has 1 atom stereocenters. The van der Waals surface area contributed by atoms with Crippen LogP contribution in [0.15, 0.2) is 17.5 Å². The second kappa shape index (κ2) is 6.44. The molecule has 0 radical (unpaired) electrons. The van der Waals surface area contributed by atoms with Gasteiger partial charge in [0.2, 0.25) is 0 Å². The first-order valence-corrected chi connectivity index (χ1v) is 8.33. The van der Waals surface area contributed by atoms with Crippen molar-refractivity contribution in [2.24, 2.45) is 0 Å². The van der Waals surface area contributed by atoms with E-state index in [2.05, 4.69) is 11.4 Å². The Morgan fingerprint density at radius 1 is 1.52 bits per heavy atom. The van der Waals surface area contributed by atoms with Crippen molar-refractivity contribution in [1.29, 1.82) is 0 Å². The van der Waals surface area contributed by atoms with Crippen LogP contribution in [0.2, 0.25) is 0 Å². The zero-order chi connectivity index (χ0) is 14.7. The summed E-state index contributed by atoms with van der Waals surface area (Å²) in [7, 11) is 1.65. The van der Waals surface area contributed by atoms with E-state index in [1.165, 1.54) is 4.88 Å². The Balaban J connectivity index is 1.71. The number of carbonyl (C=O) groups is 1. The van der Waals surface area contributed by atoms with Crippen LogP contribution in [-0.4, -0.2) is 56.3 Å². The molecule has 0 saturated carbocycles. The minimum Gasteiger partial charge on any atom is -0.369 e. The van der Waals surface area contributed by atoms with Crippen LogP contribution in [-0.2, 0) is 14.3 Å². The van der Waals surface area contributed by atoms with Gasteiger partial charge in [-0.25, -0.2) is 0 Å². The monoisotopic (exact) mass is 310 g/mol. The van der Waals surface area contributed by atoms with E-state index in [0.29, 0.717) is 19.7 Å². The van der Waals surface area contributed by atoms with Gasteiger partial charge >= 0.3 is 0 Å². The highest BCUT2D eigenvalue weighted by molar-refractivity contribution is 7.10. The van der Waals surface area contributed by atoms with Crippen LogP contribution in [0.5, 0.6) is 0 Å². The molecule has 6 heteroatoms. The summed E-state index contributed by atoms with van der Waals surface area (Å²) in [6.45, 7) is 3.53. The van der Waals surface area contributed by atoms with Crippen molar-refractivity contribution in [2.75, 3.05) is 39.9 Å². The van der Waals surface area contributed by atoms with E-state index in [0.717, 1.165) is 25.9 Å². The number of piperidine rings is 1. The Hall–Kier alpha value is -0.950. The average Bonchev–Trinajstić information content (AvgIpc) is 3.09. The van der Waals surface area contributed by atoms with Gasteiger partial charge in [0.1, 0.15) is 11.7 Å². The maximum absolute atomic E-state index is 12.9. The Bertz CT molecular complexity index is 471. The molecule has 3 heterocycles. The molecule has 1 amide bonds. The number of nitrogens with zero attached hydrogens (tertiary/aromatic N) is 1. The van der Waals surface area contributed by atoms with Crippen molar-refractivity contribution in [3.8, 4) is 0 Å². The van der Waals surface area contributed by atoms with Crippen LogP contribution in [0.3, 0.4) is 0 Å². The number of amides is 1. The van der Waals surface area contributed by atoms with Crippen molar-refractivity contribution in [3.63, 3.8) is 0 Å². The van der Waals surface area contributed by atoms with Crippen LogP contribution in [0, 0.1) is 0 Å². The maximum Gasteiger partial charge on any atom is 0.255 e. The normalized spacial score (nSPS) is 25.8. The van der Waals surface area contributed by atoms with Crippen molar-refractivity contribution in [1.82, 2.24) is 10.2 Å². The maximum atomic E-state index is 12.9. The highest BCUT2D eigenvalue weighted by atomic mass is 32.1. The van der Waals surface area contributed by atoms with Gasteiger partial charge in [0.15, 0.2) is 0 Å². The third kappa shape index (κ3) is 2.99. The molecule has 3 rings (SSSR count). The van der Waals surface area contributed by atoms with Crippen molar-refractivity contribution in [3.05, 3.63) is 22.4 Å². The summed E-state index contributed by atoms with van der Waals surface area (Å²) in [5, 5.41) is 5.33. The number of hydrogen-bond acceptors (Lipinski definition) is 5. The topological polar surface area (TPSA) is 50.8 Å². The number of rotatable bonds is 3. The standard InChI is InChI=1S/C15H22N2O3S/c1-19-15(4-6-16-7-5-15)14(18)17-8-9-20-12(11-17)13-3-2-10-21-13/h2-3,10,12,16H,4-9,11H2,1H3. The summed E-state index contributed by atoms with van der Waals surface area (Å²) in [6, 6.07) is 4.09. The minimum atomic E-state index is -0.650. The molecule has 1 unspecified atom stereocenters. The molecule has 0 aliphatic carbocycles. The Labute approximate surface area is 129 Å². The van der Waals surface area contributed by atoms with Gasteiger partial charge in [-0.05, 0) is 37.4 Å². The van der Waals surface area contributed by atoms with Crippen LogP contribution in [0.1, 0.15) is 23.8 Å². The lowest BCUT2D eigenvalue weighted by Gasteiger charge is -2.41. The van der Waals surface area contributed by atoms with Gasteiger partial charge in [-0.2, -0.15) is 0 Å². The fourth-order valence-corrected chi connectivity index (χ4v) is 3.87. The first-order valence-electron chi connectivity index (χ1n) is 7.45. The zero-order valence-corrected chi connectivity index (χ0v) is 13.2. The van der Waals surface area contributed by atoms with Crippen LogP contribution >= 0.6 is 11.3 Å². The van der Waals surface area contributed by atoms with E-state index < -0.39 is 5.60 Å². The molecule has 2 aliphatic rings. The Kier molecular flexibility index (Phi) is 4.59. The van der Waals surface area contributed by atoms with Crippen LogP contribution in [0.25, 0.3) is 0 Å². The molecule has 21 heavy (non-hydrogen) atoms. The predicted octanol–water partition coefficient (Wildman–Crippen LogP) is 1.42. The molecular formula is C15H22N2O3S. The van der Waals surface area contributed by atoms with Gasteiger partial charge in [0, 0.05) is 18.5 Å². The molecule has 1 aromatic rings. The number of carbonyl (C=O) groups excluding carboxylic acids is 1. The van der Waals surface area contributed by atoms with Gasteiger partial charge in [-0.3, -0.25) is 4.79 Å². The van der Waals surface area contributed by atoms with Gasteiger partial charge < -0.3 is 19.7 Å². The SMILES string of the molecule is COC1(C(=O)N2CCOC(c3cccs3)C2)CCNCC1. The first-order chi connectivity index (χ1) is 10.2. The molecule has 0 aromatic carbocycles. The van der Waals surface area contributed by atoms with Gasteiger partial charge in [0.25, 0.3) is 5.91 Å². The lowest BCUT2D eigenvalue weighted by molar-refractivity contribution is -0.165. The fourth-order valence-electron chi connectivity index (χ4n) is 3.10. The summed E-state index contributed by atoms with van der Waals surface area (Å²) in [5.41, 5.74) is -0.650. The number of hydrogen-bond donors (Lipinski definition) is 1. The Morgan fingerprint density at radius 3 is 3.00 bits per heavy atom. The summed E-state index contributed by atoms with van der Waals surface area (Å²) in [6.07, 6.45) is 1.48. The third-order valence-corrected chi connectivity index (χ3v) is 5.37. The van der Waals surface area contributed by atoms with E-state index in [-0.39, 0.29) is 12.0 Å².